The minimum atomic E-state index is -0.838. The van der Waals surface area contributed by atoms with E-state index >= 15 is 0 Å². The number of rotatable bonds is 6. The van der Waals surface area contributed by atoms with E-state index in [0.717, 1.165) is 25.7 Å². The number of carboxylic acids is 1. The van der Waals surface area contributed by atoms with Crippen molar-refractivity contribution in [2.75, 3.05) is 6.54 Å². The number of hydrogen-bond acceptors (Lipinski definition) is 3. The normalized spacial score (nSPS) is 19.9. The van der Waals surface area contributed by atoms with Crippen molar-refractivity contribution < 1.29 is 19.8 Å². The van der Waals surface area contributed by atoms with E-state index in [0.29, 0.717) is 0 Å². The third kappa shape index (κ3) is 4.73. The summed E-state index contributed by atoms with van der Waals surface area (Å²) in [5, 5.41) is 20.6. The molecule has 0 aromatic carbocycles. The molecule has 1 fully saturated rings. The van der Waals surface area contributed by atoms with Crippen LogP contribution in [0.2, 0.25) is 0 Å². The van der Waals surface area contributed by atoms with Gasteiger partial charge in [-0.2, -0.15) is 0 Å². The molecular formula is C12H21NO4. The van der Waals surface area contributed by atoms with E-state index in [1.54, 1.807) is 6.92 Å². The van der Waals surface area contributed by atoms with E-state index in [9.17, 15) is 9.59 Å². The molecule has 0 aliphatic heterocycles. The molecule has 1 amide bonds. The number of aliphatic hydroxyl groups is 1. The minimum Gasteiger partial charge on any atom is -0.481 e. The van der Waals surface area contributed by atoms with Gasteiger partial charge in [0.1, 0.15) is 0 Å². The Morgan fingerprint density at radius 3 is 2.35 bits per heavy atom. The lowest BCUT2D eigenvalue weighted by atomic mass is 9.79. The zero-order chi connectivity index (χ0) is 12.9. The van der Waals surface area contributed by atoms with Crippen LogP contribution in [0.25, 0.3) is 0 Å². The number of hydrogen-bond donors (Lipinski definition) is 3. The zero-order valence-electron chi connectivity index (χ0n) is 10.2. The number of carbonyl (C=O) groups excluding carboxylic acids is 1. The molecular weight excluding hydrogens is 222 g/mol. The highest BCUT2D eigenvalue weighted by Crippen LogP contribution is 2.43. The summed E-state index contributed by atoms with van der Waals surface area (Å²) in [5.41, 5.74) is -0.366. The van der Waals surface area contributed by atoms with Crippen molar-refractivity contribution in [1.29, 1.82) is 0 Å². The molecule has 0 spiro atoms. The average molecular weight is 243 g/mol. The van der Waals surface area contributed by atoms with Gasteiger partial charge in [-0.3, -0.25) is 9.59 Å². The molecule has 0 saturated heterocycles. The van der Waals surface area contributed by atoms with Gasteiger partial charge in [0.05, 0.1) is 12.5 Å². The number of amides is 1. The van der Waals surface area contributed by atoms with Crippen LogP contribution in [0.15, 0.2) is 0 Å². The van der Waals surface area contributed by atoms with Crippen LogP contribution in [0.1, 0.15) is 45.4 Å². The van der Waals surface area contributed by atoms with Crippen LogP contribution in [0.5, 0.6) is 0 Å². The molecule has 0 bridgehead atoms. The topological polar surface area (TPSA) is 86.6 Å². The SMILES string of the molecule is C[C@H](O)CNC(=O)CC1(CC(=O)O)CCCC1. The van der Waals surface area contributed by atoms with Gasteiger partial charge in [-0.1, -0.05) is 12.8 Å². The van der Waals surface area contributed by atoms with Gasteiger partial charge < -0.3 is 15.5 Å². The first-order chi connectivity index (χ1) is 7.93. The van der Waals surface area contributed by atoms with Crippen LogP contribution in [-0.4, -0.2) is 34.7 Å². The summed E-state index contributed by atoms with van der Waals surface area (Å²) < 4.78 is 0. The number of aliphatic carboxylic acids is 1. The Labute approximate surface area is 101 Å². The van der Waals surface area contributed by atoms with E-state index in [4.69, 9.17) is 10.2 Å². The summed E-state index contributed by atoms with van der Waals surface area (Å²) in [7, 11) is 0. The van der Waals surface area contributed by atoms with Gasteiger partial charge in [0, 0.05) is 13.0 Å². The summed E-state index contributed by atoms with van der Waals surface area (Å²) in [6.45, 7) is 1.82. The Kier molecular flexibility index (Phi) is 4.93. The second-order valence-corrected chi connectivity index (χ2v) is 5.11. The van der Waals surface area contributed by atoms with Crippen molar-refractivity contribution in [2.24, 2.45) is 5.41 Å². The van der Waals surface area contributed by atoms with Crippen LogP contribution >= 0.6 is 0 Å². The molecule has 98 valence electrons. The Morgan fingerprint density at radius 1 is 1.29 bits per heavy atom. The quantitative estimate of drug-likeness (QED) is 0.647. The summed E-state index contributed by atoms with van der Waals surface area (Å²) in [6.07, 6.45) is 3.36. The van der Waals surface area contributed by atoms with Crippen molar-refractivity contribution in [3.63, 3.8) is 0 Å². The molecule has 1 aliphatic carbocycles. The Hall–Kier alpha value is -1.10. The van der Waals surface area contributed by atoms with Gasteiger partial charge in [0.2, 0.25) is 5.91 Å². The van der Waals surface area contributed by atoms with E-state index in [-0.39, 0.29) is 30.7 Å². The van der Waals surface area contributed by atoms with Crippen molar-refractivity contribution in [3.8, 4) is 0 Å². The molecule has 17 heavy (non-hydrogen) atoms. The molecule has 3 N–H and O–H groups in total. The number of carboxylic acid groups (broad SMARTS) is 1. The second-order valence-electron chi connectivity index (χ2n) is 5.11. The summed E-state index contributed by atoms with van der Waals surface area (Å²) in [5.74, 6) is -0.996. The lowest BCUT2D eigenvalue weighted by molar-refractivity contribution is -0.140. The van der Waals surface area contributed by atoms with Gasteiger partial charge in [0.15, 0.2) is 0 Å². The van der Waals surface area contributed by atoms with Crippen LogP contribution < -0.4 is 5.32 Å². The second kappa shape index (κ2) is 6.00. The number of nitrogens with one attached hydrogen (secondary N) is 1. The molecule has 0 aromatic rings. The highest BCUT2D eigenvalue weighted by Gasteiger charge is 2.37. The molecule has 0 unspecified atom stereocenters. The Balaban J connectivity index is 2.49. The standard InChI is InChI=1S/C12H21NO4/c1-9(14)8-13-10(15)6-12(7-11(16)17)4-2-3-5-12/h9,14H,2-8H2,1H3,(H,13,15)(H,16,17)/t9-/m0/s1. The summed E-state index contributed by atoms with van der Waals surface area (Å²) in [6, 6.07) is 0. The molecule has 1 saturated carbocycles. The average Bonchev–Trinajstić information content (AvgIpc) is 2.62. The van der Waals surface area contributed by atoms with E-state index in [1.165, 1.54) is 0 Å². The molecule has 1 rings (SSSR count). The first-order valence-electron chi connectivity index (χ1n) is 6.10. The number of carbonyl (C=O) groups is 2. The maximum atomic E-state index is 11.7. The predicted molar refractivity (Wildman–Crippen MR) is 62.5 cm³/mol. The monoisotopic (exact) mass is 243 g/mol. The molecule has 5 nitrogen and oxygen atoms in total. The van der Waals surface area contributed by atoms with Crippen LogP contribution in [0.4, 0.5) is 0 Å². The van der Waals surface area contributed by atoms with Crippen molar-refractivity contribution >= 4 is 11.9 Å². The van der Waals surface area contributed by atoms with Crippen molar-refractivity contribution in [3.05, 3.63) is 0 Å². The van der Waals surface area contributed by atoms with Crippen LogP contribution in [0, 0.1) is 5.41 Å². The van der Waals surface area contributed by atoms with Gasteiger partial charge in [-0.15, -0.1) is 0 Å². The molecule has 0 aromatic heterocycles. The molecule has 0 heterocycles. The zero-order valence-corrected chi connectivity index (χ0v) is 10.2. The third-order valence-electron chi connectivity index (χ3n) is 3.32. The smallest absolute Gasteiger partial charge is 0.303 e. The summed E-state index contributed by atoms with van der Waals surface area (Å²) in [4.78, 5) is 22.5. The third-order valence-corrected chi connectivity index (χ3v) is 3.32. The Morgan fingerprint density at radius 2 is 1.88 bits per heavy atom. The molecule has 1 aliphatic rings. The van der Waals surface area contributed by atoms with Crippen LogP contribution in [0.3, 0.4) is 0 Å². The molecule has 1 atom stereocenters. The fraction of sp³-hybridized carbons (Fsp3) is 0.833. The highest BCUT2D eigenvalue weighted by molar-refractivity contribution is 5.78. The first kappa shape index (κ1) is 14.0. The fourth-order valence-corrected chi connectivity index (χ4v) is 2.53. The number of aliphatic hydroxyl groups excluding tert-OH is 1. The fourth-order valence-electron chi connectivity index (χ4n) is 2.53. The van der Waals surface area contributed by atoms with Crippen LogP contribution in [-0.2, 0) is 9.59 Å². The van der Waals surface area contributed by atoms with Gasteiger partial charge in [-0.05, 0) is 25.2 Å². The first-order valence-corrected chi connectivity index (χ1v) is 6.10. The minimum absolute atomic E-state index is 0.0646. The van der Waals surface area contributed by atoms with Crippen molar-refractivity contribution in [2.45, 2.75) is 51.6 Å². The highest BCUT2D eigenvalue weighted by atomic mass is 16.4. The predicted octanol–water partition coefficient (Wildman–Crippen LogP) is 0.909. The van der Waals surface area contributed by atoms with E-state index < -0.39 is 12.1 Å². The maximum absolute atomic E-state index is 11.7. The molecule has 0 radical (unpaired) electrons. The van der Waals surface area contributed by atoms with Gasteiger partial charge in [0.25, 0.3) is 0 Å². The van der Waals surface area contributed by atoms with E-state index in [1.807, 2.05) is 0 Å². The van der Waals surface area contributed by atoms with Gasteiger partial charge in [-0.25, -0.2) is 0 Å². The van der Waals surface area contributed by atoms with Crippen molar-refractivity contribution in [1.82, 2.24) is 5.32 Å². The maximum Gasteiger partial charge on any atom is 0.303 e. The lowest BCUT2D eigenvalue weighted by Gasteiger charge is -2.26. The molecule has 5 heteroatoms. The van der Waals surface area contributed by atoms with E-state index in [2.05, 4.69) is 5.32 Å². The summed E-state index contributed by atoms with van der Waals surface area (Å²) >= 11 is 0. The lowest BCUT2D eigenvalue weighted by Crippen LogP contribution is -2.35. The largest absolute Gasteiger partial charge is 0.481 e. The van der Waals surface area contributed by atoms with Gasteiger partial charge >= 0.3 is 5.97 Å². The Bertz CT molecular complexity index is 282.